The normalized spacial score (nSPS) is 13.6. The van der Waals surface area contributed by atoms with Gasteiger partial charge in [-0.2, -0.15) is 5.26 Å². The van der Waals surface area contributed by atoms with Crippen LogP contribution in [0.3, 0.4) is 0 Å². The van der Waals surface area contributed by atoms with Crippen molar-refractivity contribution in [2.45, 2.75) is 0 Å². The van der Waals surface area contributed by atoms with E-state index in [-0.39, 0.29) is 18.0 Å². The Kier molecular flexibility index (Phi) is 1.82. The van der Waals surface area contributed by atoms with Crippen LogP contribution in [0.2, 0.25) is 0 Å². The first-order chi connectivity index (χ1) is 6.72. The number of benzene rings is 1. The van der Waals surface area contributed by atoms with Crippen LogP contribution in [0.5, 0.6) is 0 Å². The maximum atomic E-state index is 13.1. The van der Waals surface area contributed by atoms with E-state index in [1.165, 1.54) is 6.07 Å². The zero-order valence-electron chi connectivity index (χ0n) is 7.10. The van der Waals surface area contributed by atoms with Crippen LogP contribution in [0, 0.1) is 17.1 Å². The molecule has 1 amide bonds. The van der Waals surface area contributed by atoms with Gasteiger partial charge in [-0.3, -0.25) is 4.79 Å². The number of hydrogen-bond donors (Lipinski definition) is 2. The average Bonchev–Trinajstić information content (AvgIpc) is 2.18. The molecule has 0 aliphatic carbocycles. The first-order valence-corrected chi connectivity index (χ1v) is 3.98. The van der Waals surface area contributed by atoms with Gasteiger partial charge in [0.1, 0.15) is 17.4 Å². The van der Waals surface area contributed by atoms with E-state index in [0.29, 0.717) is 11.4 Å². The molecule has 14 heavy (non-hydrogen) atoms. The Morgan fingerprint density at radius 1 is 1.50 bits per heavy atom. The Labute approximate surface area is 79.3 Å². The van der Waals surface area contributed by atoms with Crippen molar-refractivity contribution in [3.63, 3.8) is 0 Å². The second kappa shape index (κ2) is 3.00. The zero-order chi connectivity index (χ0) is 10.1. The summed E-state index contributed by atoms with van der Waals surface area (Å²) in [7, 11) is 0. The van der Waals surface area contributed by atoms with Crippen molar-refractivity contribution < 1.29 is 9.18 Å². The van der Waals surface area contributed by atoms with Crippen molar-refractivity contribution in [1.29, 1.82) is 5.26 Å². The number of amides is 1. The van der Waals surface area contributed by atoms with Crippen LogP contribution in [-0.2, 0) is 4.79 Å². The van der Waals surface area contributed by atoms with E-state index < -0.39 is 5.82 Å². The summed E-state index contributed by atoms with van der Waals surface area (Å²) in [6.45, 7) is 0.0606. The quantitative estimate of drug-likeness (QED) is 0.644. The summed E-state index contributed by atoms with van der Waals surface area (Å²) in [4.78, 5) is 11.0. The van der Waals surface area contributed by atoms with Gasteiger partial charge in [-0.15, -0.1) is 0 Å². The number of nitrogens with zero attached hydrogens (tertiary/aromatic N) is 1. The van der Waals surface area contributed by atoms with Gasteiger partial charge in [-0.25, -0.2) is 4.39 Å². The zero-order valence-corrected chi connectivity index (χ0v) is 7.10. The highest BCUT2D eigenvalue weighted by atomic mass is 19.1. The molecule has 1 aliphatic rings. The highest BCUT2D eigenvalue weighted by Gasteiger charge is 2.19. The third-order valence-electron chi connectivity index (χ3n) is 1.97. The molecule has 0 unspecified atom stereocenters. The molecule has 1 aromatic carbocycles. The van der Waals surface area contributed by atoms with E-state index >= 15 is 0 Å². The van der Waals surface area contributed by atoms with Crippen LogP contribution >= 0.6 is 0 Å². The number of nitriles is 1. The molecule has 0 spiro atoms. The van der Waals surface area contributed by atoms with Crippen LogP contribution in [0.15, 0.2) is 12.1 Å². The lowest BCUT2D eigenvalue weighted by Crippen LogP contribution is -2.28. The molecular formula is C9H6FN3O. The summed E-state index contributed by atoms with van der Waals surface area (Å²) >= 11 is 0. The van der Waals surface area contributed by atoms with Crippen LogP contribution in [-0.4, -0.2) is 12.5 Å². The van der Waals surface area contributed by atoms with Gasteiger partial charge in [-0.05, 0) is 12.1 Å². The van der Waals surface area contributed by atoms with Gasteiger partial charge in [0.2, 0.25) is 5.91 Å². The Hall–Kier alpha value is -2.09. The van der Waals surface area contributed by atoms with E-state index in [0.717, 1.165) is 6.07 Å². The molecule has 1 aliphatic heterocycles. The smallest absolute Gasteiger partial charge is 0.243 e. The minimum atomic E-state index is -0.588. The number of carbonyl (C=O) groups is 1. The highest BCUT2D eigenvalue weighted by Crippen LogP contribution is 2.29. The fourth-order valence-corrected chi connectivity index (χ4v) is 1.34. The van der Waals surface area contributed by atoms with Gasteiger partial charge in [0.05, 0.1) is 17.9 Å². The monoisotopic (exact) mass is 191 g/mol. The summed E-state index contributed by atoms with van der Waals surface area (Å²) in [6.07, 6.45) is 0. The van der Waals surface area contributed by atoms with Crippen molar-refractivity contribution in [2.24, 2.45) is 0 Å². The molecule has 0 saturated heterocycles. The lowest BCUT2D eigenvalue weighted by atomic mass is 10.1. The molecular weight excluding hydrogens is 185 g/mol. The minimum Gasteiger partial charge on any atom is -0.373 e. The summed E-state index contributed by atoms with van der Waals surface area (Å²) in [5.41, 5.74) is 0.730. The summed E-state index contributed by atoms with van der Waals surface area (Å²) < 4.78 is 13.1. The number of fused-ring (bicyclic) bond motifs is 1. The number of anilines is 2. The van der Waals surface area contributed by atoms with Crippen LogP contribution in [0.1, 0.15) is 5.56 Å². The maximum absolute atomic E-state index is 13.1. The first kappa shape index (κ1) is 8.51. The fraction of sp³-hybridized carbons (Fsp3) is 0.111. The number of nitrogens with one attached hydrogen (secondary N) is 2. The first-order valence-electron chi connectivity index (χ1n) is 3.98. The molecule has 4 nitrogen and oxygen atoms in total. The van der Waals surface area contributed by atoms with E-state index in [1.807, 2.05) is 0 Å². The molecule has 1 heterocycles. The second-order valence-electron chi connectivity index (χ2n) is 2.86. The Bertz CT molecular complexity index is 450. The summed E-state index contributed by atoms with van der Waals surface area (Å²) in [5, 5.41) is 13.9. The molecule has 70 valence electrons. The van der Waals surface area contributed by atoms with E-state index in [4.69, 9.17) is 5.26 Å². The molecule has 1 aromatic rings. The molecule has 0 bridgehead atoms. The maximum Gasteiger partial charge on any atom is 0.243 e. The molecule has 5 heteroatoms. The highest BCUT2D eigenvalue weighted by molar-refractivity contribution is 6.01. The fourth-order valence-electron chi connectivity index (χ4n) is 1.34. The molecule has 0 aromatic heterocycles. The number of rotatable bonds is 0. The molecule has 0 fully saturated rings. The molecule has 0 atom stereocenters. The minimum absolute atomic E-state index is 0.0606. The SMILES string of the molecule is N#Cc1c(F)ccc2c1NCC(=O)N2. The predicted octanol–water partition coefficient (Wildman–Crippen LogP) is 1.06. The standard InChI is InChI=1S/C9H6FN3O/c10-6-1-2-7-9(5(6)3-11)12-4-8(14)13-7/h1-2,12H,4H2,(H,13,14). The number of halogens is 1. The largest absolute Gasteiger partial charge is 0.373 e. The van der Waals surface area contributed by atoms with E-state index in [1.54, 1.807) is 6.07 Å². The van der Waals surface area contributed by atoms with Crippen LogP contribution < -0.4 is 10.6 Å². The van der Waals surface area contributed by atoms with Crippen molar-refractivity contribution in [3.05, 3.63) is 23.5 Å². The van der Waals surface area contributed by atoms with Crippen LogP contribution in [0.4, 0.5) is 15.8 Å². The van der Waals surface area contributed by atoms with Crippen molar-refractivity contribution >= 4 is 17.3 Å². The Morgan fingerprint density at radius 2 is 2.29 bits per heavy atom. The van der Waals surface area contributed by atoms with E-state index in [9.17, 15) is 9.18 Å². The van der Waals surface area contributed by atoms with Gasteiger partial charge in [0, 0.05) is 0 Å². The lowest BCUT2D eigenvalue weighted by molar-refractivity contribution is -0.114. The third kappa shape index (κ3) is 1.17. The number of carbonyl (C=O) groups excluding carboxylic acids is 1. The van der Waals surface area contributed by atoms with Crippen molar-refractivity contribution in [3.8, 4) is 6.07 Å². The third-order valence-corrected chi connectivity index (χ3v) is 1.97. The van der Waals surface area contributed by atoms with Gasteiger partial charge >= 0.3 is 0 Å². The van der Waals surface area contributed by atoms with Crippen molar-refractivity contribution in [1.82, 2.24) is 0 Å². The van der Waals surface area contributed by atoms with Gasteiger partial charge in [-0.1, -0.05) is 0 Å². The van der Waals surface area contributed by atoms with Crippen LogP contribution in [0.25, 0.3) is 0 Å². The summed E-state index contributed by atoms with van der Waals surface area (Å²) in [6, 6.07) is 4.33. The lowest BCUT2D eigenvalue weighted by Gasteiger charge is -2.19. The van der Waals surface area contributed by atoms with Gasteiger partial charge < -0.3 is 10.6 Å². The number of hydrogen-bond acceptors (Lipinski definition) is 3. The van der Waals surface area contributed by atoms with Crippen molar-refractivity contribution in [2.75, 3.05) is 17.2 Å². The van der Waals surface area contributed by atoms with Gasteiger partial charge in [0.15, 0.2) is 0 Å². The topological polar surface area (TPSA) is 64.9 Å². The average molecular weight is 191 g/mol. The van der Waals surface area contributed by atoms with Gasteiger partial charge in [0.25, 0.3) is 0 Å². The van der Waals surface area contributed by atoms with E-state index in [2.05, 4.69) is 10.6 Å². The Morgan fingerprint density at radius 3 is 3.00 bits per heavy atom. The molecule has 0 saturated carbocycles. The predicted molar refractivity (Wildman–Crippen MR) is 48.2 cm³/mol. The molecule has 2 rings (SSSR count). The molecule has 0 radical (unpaired) electrons. The second-order valence-corrected chi connectivity index (χ2v) is 2.86. The molecule has 2 N–H and O–H groups in total. The Balaban J connectivity index is 2.59. The summed E-state index contributed by atoms with van der Waals surface area (Å²) in [5.74, 6) is -0.789.